The maximum Gasteiger partial charge on any atom is 0.0622 e. The second kappa shape index (κ2) is 6.99. The fraction of sp³-hybridized carbons (Fsp3) is 0.667. The molecule has 1 N–H and O–H groups in total. The van der Waals surface area contributed by atoms with Crippen LogP contribution in [0.5, 0.6) is 0 Å². The van der Waals surface area contributed by atoms with Gasteiger partial charge in [0.1, 0.15) is 0 Å². The lowest BCUT2D eigenvalue weighted by molar-refractivity contribution is 0.108. The van der Waals surface area contributed by atoms with E-state index in [1.165, 1.54) is 4.88 Å². The molecular weight excluding hydrogens is 206 g/mol. The standard InChI is InChI=1S/C12H21NOS/c1-4-14-9-12(10(2)3)13-8-11-6-5-7-15-11/h5-7,10,12-13H,4,8-9H2,1-3H3. The van der Waals surface area contributed by atoms with Crippen molar-refractivity contribution in [2.75, 3.05) is 13.2 Å². The number of nitrogens with one attached hydrogen (secondary N) is 1. The Labute approximate surface area is 96.7 Å². The summed E-state index contributed by atoms with van der Waals surface area (Å²) >= 11 is 1.80. The molecule has 0 fully saturated rings. The van der Waals surface area contributed by atoms with Gasteiger partial charge in [-0.3, -0.25) is 0 Å². The smallest absolute Gasteiger partial charge is 0.0622 e. The van der Waals surface area contributed by atoms with E-state index in [4.69, 9.17) is 4.74 Å². The maximum absolute atomic E-state index is 5.47. The normalized spacial score (nSPS) is 13.3. The van der Waals surface area contributed by atoms with E-state index < -0.39 is 0 Å². The Hall–Kier alpha value is -0.380. The van der Waals surface area contributed by atoms with Gasteiger partial charge >= 0.3 is 0 Å². The summed E-state index contributed by atoms with van der Waals surface area (Å²) in [5.74, 6) is 0.608. The predicted molar refractivity (Wildman–Crippen MR) is 66.3 cm³/mol. The molecule has 0 aliphatic rings. The molecule has 0 amide bonds. The van der Waals surface area contributed by atoms with Crippen molar-refractivity contribution in [3.63, 3.8) is 0 Å². The number of thiophene rings is 1. The van der Waals surface area contributed by atoms with Crippen LogP contribution in [0, 0.1) is 5.92 Å². The van der Waals surface area contributed by atoms with Gasteiger partial charge in [-0.15, -0.1) is 11.3 Å². The molecule has 0 saturated heterocycles. The highest BCUT2D eigenvalue weighted by molar-refractivity contribution is 7.09. The number of ether oxygens (including phenoxy) is 1. The largest absolute Gasteiger partial charge is 0.380 e. The Bertz CT molecular complexity index is 246. The average molecular weight is 227 g/mol. The topological polar surface area (TPSA) is 21.3 Å². The molecule has 1 aromatic heterocycles. The third kappa shape index (κ3) is 4.78. The highest BCUT2D eigenvalue weighted by Gasteiger charge is 2.12. The van der Waals surface area contributed by atoms with Gasteiger partial charge in [0.25, 0.3) is 0 Å². The minimum Gasteiger partial charge on any atom is -0.380 e. The van der Waals surface area contributed by atoms with Crippen LogP contribution in [0.4, 0.5) is 0 Å². The first-order chi connectivity index (χ1) is 7.24. The summed E-state index contributed by atoms with van der Waals surface area (Å²) in [6.07, 6.45) is 0. The van der Waals surface area contributed by atoms with Crippen LogP contribution in [0.2, 0.25) is 0 Å². The lowest BCUT2D eigenvalue weighted by Crippen LogP contribution is -2.37. The molecule has 1 rings (SSSR count). The SMILES string of the molecule is CCOCC(NCc1cccs1)C(C)C. The summed E-state index contributed by atoms with van der Waals surface area (Å²) in [4.78, 5) is 1.39. The first kappa shape index (κ1) is 12.7. The molecule has 1 unspecified atom stereocenters. The fourth-order valence-corrected chi connectivity index (χ4v) is 2.03. The van der Waals surface area contributed by atoms with Crippen LogP contribution in [0.3, 0.4) is 0 Å². The van der Waals surface area contributed by atoms with Gasteiger partial charge in [0, 0.05) is 24.1 Å². The summed E-state index contributed by atoms with van der Waals surface area (Å²) in [6, 6.07) is 4.71. The van der Waals surface area contributed by atoms with Crippen LogP contribution in [0.1, 0.15) is 25.6 Å². The van der Waals surface area contributed by atoms with Crippen molar-refractivity contribution < 1.29 is 4.74 Å². The maximum atomic E-state index is 5.47. The number of hydrogen-bond acceptors (Lipinski definition) is 3. The molecule has 86 valence electrons. The second-order valence-corrected chi connectivity index (χ2v) is 5.00. The molecule has 2 nitrogen and oxygen atoms in total. The molecule has 0 spiro atoms. The van der Waals surface area contributed by atoms with Crippen molar-refractivity contribution >= 4 is 11.3 Å². The predicted octanol–water partition coefficient (Wildman–Crippen LogP) is 2.90. The third-order valence-corrected chi connectivity index (χ3v) is 3.30. The van der Waals surface area contributed by atoms with Crippen LogP contribution < -0.4 is 5.32 Å². The van der Waals surface area contributed by atoms with E-state index in [0.717, 1.165) is 19.8 Å². The van der Waals surface area contributed by atoms with Crippen molar-refractivity contribution in [1.82, 2.24) is 5.32 Å². The minimum atomic E-state index is 0.451. The van der Waals surface area contributed by atoms with Gasteiger partial charge in [0.15, 0.2) is 0 Å². The molecule has 3 heteroatoms. The van der Waals surface area contributed by atoms with Crippen molar-refractivity contribution in [2.45, 2.75) is 33.4 Å². The zero-order valence-corrected chi connectivity index (χ0v) is 10.6. The molecule has 0 bridgehead atoms. The Balaban J connectivity index is 2.31. The Morgan fingerprint density at radius 3 is 2.80 bits per heavy atom. The Morgan fingerprint density at radius 2 is 2.27 bits per heavy atom. The summed E-state index contributed by atoms with van der Waals surface area (Å²) in [5.41, 5.74) is 0. The quantitative estimate of drug-likeness (QED) is 0.773. The van der Waals surface area contributed by atoms with E-state index >= 15 is 0 Å². The average Bonchev–Trinajstić information content (AvgIpc) is 2.70. The van der Waals surface area contributed by atoms with E-state index in [0.29, 0.717) is 12.0 Å². The van der Waals surface area contributed by atoms with Crippen LogP contribution in [-0.4, -0.2) is 19.3 Å². The van der Waals surface area contributed by atoms with Gasteiger partial charge in [-0.1, -0.05) is 19.9 Å². The van der Waals surface area contributed by atoms with Crippen molar-refractivity contribution in [1.29, 1.82) is 0 Å². The van der Waals surface area contributed by atoms with E-state index in [1.807, 2.05) is 6.92 Å². The zero-order valence-electron chi connectivity index (χ0n) is 9.82. The van der Waals surface area contributed by atoms with Crippen LogP contribution in [0.15, 0.2) is 17.5 Å². The zero-order chi connectivity index (χ0) is 11.1. The summed E-state index contributed by atoms with van der Waals surface area (Å²) in [7, 11) is 0. The highest BCUT2D eigenvalue weighted by atomic mass is 32.1. The molecular formula is C12H21NOS. The van der Waals surface area contributed by atoms with Gasteiger partial charge in [-0.05, 0) is 24.3 Å². The molecule has 1 atom stereocenters. The lowest BCUT2D eigenvalue weighted by atomic mass is 10.1. The highest BCUT2D eigenvalue weighted by Crippen LogP contribution is 2.10. The summed E-state index contributed by atoms with van der Waals surface area (Å²) in [5, 5.41) is 5.66. The molecule has 1 heterocycles. The molecule has 0 aromatic carbocycles. The molecule has 0 radical (unpaired) electrons. The van der Waals surface area contributed by atoms with Gasteiger partial charge in [-0.2, -0.15) is 0 Å². The Kier molecular flexibility index (Phi) is 5.91. The number of rotatable bonds is 7. The molecule has 0 saturated carbocycles. The van der Waals surface area contributed by atoms with Crippen LogP contribution in [-0.2, 0) is 11.3 Å². The van der Waals surface area contributed by atoms with Gasteiger partial charge in [0.05, 0.1) is 6.61 Å². The molecule has 0 aliphatic carbocycles. The van der Waals surface area contributed by atoms with Gasteiger partial charge in [-0.25, -0.2) is 0 Å². The van der Waals surface area contributed by atoms with E-state index in [9.17, 15) is 0 Å². The fourth-order valence-electron chi connectivity index (χ4n) is 1.38. The first-order valence-electron chi connectivity index (χ1n) is 5.57. The molecule has 0 aliphatic heterocycles. The van der Waals surface area contributed by atoms with E-state index in [-0.39, 0.29) is 0 Å². The van der Waals surface area contributed by atoms with Crippen LogP contribution in [0.25, 0.3) is 0 Å². The van der Waals surface area contributed by atoms with E-state index in [2.05, 4.69) is 36.7 Å². The van der Waals surface area contributed by atoms with Crippen LogP contribution >= 0.6 is 11.3 Å². The second-order valence-electron chi connectivity index (χ2n) is 3.97. The summed E-state index contributed by atoms with van der Waals surface area (Å²) < 4.78 is 5.47. The van der Waals surface area contributed by atoms with Crippen molar-refractivity contribution in [2.24, 2.45) is 5.92 Å². The number of hydrogen-bond donors (Lipinski definition) is 1. The third-order valence-electron chi connectivity index (χ3n) is 2.42. The molecule has 15 heavy (non-hydrogen) atoms. The van der Waals surface area contributed by atoms with Gasteiger partial charge in [0.2, 0.25) is 0 Å². The lowest BCUT2D eigenvalue weighted by Gasteiger charge is -2.21. The molecule has 1 aromatic rings. The monoisotopic (exact) mass is 227 g/mol. The first-order valence-corrected chi connectivity index (χ1v) is 6.45. The van der Waals surface area contributed by atoms with Crippen molar-refractivity contribution in [3.8, 4) is 0 Å². The van der Waals surface area contributed by atoms with Gasteiger partial charge < -0.3 is 10.1 Å². The summed E-state index contributed by atoms with van der Waals surface area (Å²) in [6.45, 7) is 9.05. The van der Waals surface area contributed by atoms with E-state index in [1.54, 1.807) is 11.3 Å². The minimum absolute atomic E-state index is 0.451. The van der Waals surface area contributed by atoms with Crippen molar-refractivity contribution in [3.05, 3.63) is 22.4 Å². The Morgan fingerprint density at radius 1 is 1.47 bits per heavy atom.